The van der Waals surface area contributed by atoms with Gasteiger partial charge in [0.2, 0.25) is 5.91 Å². The van der Waals surface area contributed by atoms with Gasteiger partial charge in [-0.1, -0.05) is 23.7 Å². The predicted octanol–water partition coefficient (Wildman–Crippen LogP) is 3.60. The van der Waals surface area contributed by atoms with Crippen molar-refractivity contribution in [2.45, 2.75) is 13.3 Å². The molecule has 1 aromatic heterocycles. The maximum atomic E-state index is 12.3. The number of amides is 1. The summed E-state index contributed by atoms with van der Waals surface area (Å²) in [5.41, 5.74) is 2.29. The Hall–Kier alpha value is -1.52. The third-order valence-electron chi connectivity index (χ3n) is 4.12. The van der Waals surface area contributed by atoms with Gasteiger partial charge in [0, 0.05) is 41.8 Å². The largest absolute Gasteiger partial charge is 0.368 e. The molecule has 0 spiro atoms. The highest BCUT2D eigenvalue weighted by atomic mass is 35.5. The molecule has 2 heterocycles. The van der Waals surface area contributed by atoms with Crippen LogP contribution in [0.5, 0.6) is 0 Å². The highest BCUT2D eigenvalue weighted by Crippen LogP contribution is 2.27. The number of hydrogen-bond donors (Lipinski definition) is 0. The Labute approximate surface area is 140 Å². The van der Waals surface area contributed by atoms with Crippen LogP contribution in [0.1, 0.15) is 10.4 Å². The van der Waals surface area contributed by atoms with Crippen LogP contribution in [0.15, 0.2) is 35.7 Å². The Morgan fingerprint density at radius 3 is 2.64 bits per heavy atom. The SMILES string of the molecule is Cc1c(Cl)cccc1N1CCN(C(=O)Cc2cccs2)CC1. The second-order valence-electron chi connectivity index (χ2n) is 5.51. The lowest BCUT2D eigenvalue weighted by Gasteiger charge is -2.37. The Morgan fingerprint density at radius 2 is 1.95 bits per heavy atom. The van der Waals surface area contributed by atoms with Crippen molar-refractivity contribution in [3.8, 4) is 0 Å². The van der Waals surface area contributed by atoms with Crippen LogP contribution in [0.4, 0.5) is 5.69 Å². The van der Waals surface area contributed by atoms with Gasteiger partial charge in [0.1, 0.15) is 0 Å². The van der Waals surface area contributed by atoms with E-state index in [9.17, 15) is 4.79 Å². The maximum Gasteiger partial charge on any atom is 0.227 e. The van der Waals surface area contributed by atoms with Gasteiger partial charge in [0.05, 0.1) is 6.42 Å². The van der Waals surface area contributed by atoms with Crippen molar-refractivity contribution in [2.24, 2.45) is 0 Å². The predicted molar refractivity (Wildman–Crippen MR) is 93.0 cm³/mol. The topological polar surface area (TPSA) is 23.6 Å². The fraction of sp³-hybridized carbons (Fsp3) is 0.353. The number of benzene rings is 1. The van der Waals surface area contributed by atoms with Crippen molar-refractivity contribution in [1.29, 1.82) is 0 Å². The van der Waals surface area contributed by atoms with Gasteiger partial charge in [-0.2, -0.15) is 0 Å². The highest BCUT2D eigenvalue weighted by Gasteiger charge is 2.22. The summed E-state index contributed by atoms with van der Waals surface area (Å²) in [5, 5.41) is 2.82. The molecule has 3 nitrogen and oxygen atoms in total. The van der Waals surface area contributed by atoms with Crippen LogP contribution in [-0.4, -0.2) is 37.0 Å². The van der Waals surface area contributed by atoms with Crippen molar-refractivity contribution >= 4 is 34.5 Å². The molecule has 1 aromatic carbocycles. The lowest BCUT2D eigenvalue weighted by atomic mass is 10.1. The summed E-state index contributed by atoms with van der Waals surface area (Å²) in [5.74, 6) is 0.227. The van der Waals surface area contributed by atoms with Crippen LogP contribution < -0.4 is 4.90 Å². The fourth-order valence-corrected chi connectivity index (χ4v) is 3.67. The Kier molecular flexibility index (Phi) is 4.69. The number of piperazine rings is 1. The van der Waals surface area contributed by atoms with Crippen molar-refractivity contribution in [3.05, 3.63) is 51.2 Å². The first-order valence-electron chi connectivity index (χ1n) is 7.45. The van der Waals surface area contributed by atoms with Gasteiger partial charge in [-0.05, 0) is 36.1 Å². The Bertz CT molecular complexity index is 649. The molecule has 0 aliphatic carbocycles. The fourth-order valence-electron chi connectivity index (χ4n) is 2.81. The average molecular weight is 335 g/mol. The molecule has 0 atom stereocenters. The first-order chi connectivity index (χ1) is 10.6. The number of thiophene rings is 1. The van der Waals surface area contributed by atoms with E-state index in [-0.39, 0.29) is 5.91 Å². The van der Waals surface area contributed by atoms with Crippen LogP contribution in [-0.2, 0) is 11.2 Å². The highest BCUT2D eigenvalue weighted by molar-refractivity contribution is 7.10. The van der Waals surface area contributed by atoms with E-state index in [0.717, 1.165) is 41.6 Å². The second kappa shape index (κ2) is 6.71. The van der Waals surface area contributed by atoms with Crippen molar-refractivity contribution in [2.75, 3.05) is 31.1 Å². The van der Waals surface area contributed by atoms with Gasteiger partial charge in [-0.25, -0.2) is 0 Å². The number of anilines is 1. The van der Waals surface area contributed by atoms with E-state index in [1.807, 2.05) is 41.5 Å². The van der Waals surface area contributed by atoms with Gasteiger partial charge in [0.15, 0.2) is 0 Å². The van der Waals surface area contributed by atoms with Crippen LogP contribution in [0.2, 0.25) is 5.02 Å². The van der Waals surface area contributed by atoms with E-state index in [1.165, 1.54) is 5.69 Å². The molecule has 1 aliphatic rings. The molecule has 1 fully saturated rings. The Balaban J connectivity index is 1.60. The molecule has 0 saturated carbocycles. The number of carbonyl (C=O) groups is 1. The van der Waals surface area contributed by atoms with Gasteiger partial charge in [0.25, 0.3) is 0 Å². The summed E-state index contributed by atoms with van der Waals surface area (Å²) >= 11 is 7.85. The zero-order valence-electron chi connectivity index (χ0n) is 12.6. The van der Waals surface area contributed by atoms with Crippen molar-refractivity contribution in [1.82, 2.24) is 4.90 Å². The first-order valence-corrected chi connectivity index (χ1v) is 8.71. The molecule has 3 rings (SSSR count). The van der Waals surface area contributed by atoms with Crippen LogP contribution in [0, 0.1) is 6.92 Å². The molecule has 116 valence electrons. The van der Waals surface area contributed by atoms with E-state index in [1.54, 1.807) is 11.3 Å². The minimum Gasteiger partial charge on any atom is -0.368 e. The van der Waals surface area contributed by atoms with Gasteiger partial charge < -0.3 is 9.80 Å². The zero-order chi connectivity index (χ0) is 15.5. The van der Waals surface area contributed by atoms with E-state index in [4.69, 9.17) is 11.6 Å². The third-order valence-corrected chi connectivity index (χ3v) is 5.40. The molecule has 0 N–H and O–H groups in total. The van der Waals surface area contributed by atoms with E-state index in [0.29, 0.717) is 6.42 Å². The maximum absolute atomic E-state index is 12.3. The summed E-state index contributed by atoms with van der Waals surface area (Å²) in [6.45, 7) is 5.31. The second-order valence-corrected chi connectivity index (χ2v) is 6.95. The summed E-state index contributed by atoms with van der Waals surface area (Å²) in [4.78, 5) is 17.7. The zero-order valence-corrected chi connectivity index (χ0v) is 14.2. The first kappa shape index (κ1) is 15.4. The molecule has 0 bridgehead atoms. The third kappa shape index (κ3) is 3.28. The molecule has 5 heteroatoms. The van der Waals surface area contributed by atoms with Gasteiger partial charge in [-0.15, -0.1) is 11.3 Å². The monoisotopic (exact) mass is 334 g/mol. The molecule has 0 unspecified atom stereocenters. The van der Waals surface area contributed by atoms with Crippen LogP contribution >= 0.6 is 22.9 Å². The molecule has 1 aliphatic heterocycles. The summed E-state index contributed by atoms with van der Waals surface area (Å²) < 4.78 is 0. The molecular formula is C17H19ClN2OS. The minimum atomic E-state index is 0.227. The van der Waals surface area contributed by atoms with Gasteiger partial charge in [-0.3, -0.25) is 4.79 Å². The molecule has 2 aromatic rings. The summed E-state index contributed by atoms with van der Waals surface area (Å²) in [6.07, 6.45) is 0.522. The van der Waals surface area contributed by atoms with Crippen molar-refractivity contribution in [3.63, 3.8) is 0 Å². The average Bonchev–Trinajstić information content (AvgIpc) is 3.03. The molecule has 0 radical (unpaired) electrons. The number of halogens is 1. The van der Waals surface area contributed by atoms with E-state index < -0.39 is 0 Å². The standard InChI is InChI=1S/C17H19ClN2OS/c1-13-15(18)5-2-6-16(13)19-7-9-20(10-8-19)17(21)12-14-4-3-11-22-14/h2-6,11H,7-10,12H2,1H3. The van der Waals surface area contributed by atoms with Gasteiger partial charge >= 0.3 is 0 Å². The molecule has 1 saturated heterocycles. The van der Waals surface area contributed by atoms with Crippen molar-refractivity contribution < 1.29 is 4.79 Å². The van der Waals surface area contributed by atoms with E-state index >= 15 is 0 Å². The lowest BCUT2D eigenvalue weighted by molar-refractivity contribution is -0.130. The Morgan fingerprint density at radius 1 is 1.18 bits per heavy atom. The molecular weight excluding hydrogens is 316 g/mol. The number of carbonyl (C=O) groups excluding carboxylic acids is 1. The summed E-state index contributed by atoms with van der Waals surface area (Å²) in [7, 11) is 0. The summed E-state index contributed by atoms with van der Waals surface area (Å²) in [6, 6.07) is 10.0. The lowest BCUT2D eigenvalue weighted by Crippen LogP contribution is -2.49. The van der Waals surface area contributed by atoms with Crippen LogP contribution in [0.3, 0.4) is 0 Å². The number of nitrogens with zero attached hydrogens (tertiary/aromatic N) is 2. The smallest absolute Gasteiger partial charge is 0.227 e. The number of hydrogen-bond acceptors (Lipinski definition) is 3. The normalized spacial score (nSPS) is 15.2. The molecule has 1 amide bonds. The molecule has 22 heavy (non-hydrogen) atoms. The van der Waals surface area contributed by atoms with Crippen LogP contribution in [0.25, 0.3) is 0 Å². The quantitative estimate of drug-likeness (QED) is 0.856. The van der Waals surface area contributed by atoms with E-state index in [2.05, 4.69) is 11.0 Å². The number of rotatable bonds is 3. The minimum absolute atomic E-state index is 0.227.